The standard InChI is InChI=1S/C17H23BrN4O/c1-12-11-13(18)7-8-15(12)22-16(23)9-10-20-17(19-2)21-14-5-3-4-6-14/h3-4,7-8,11,14H,5-6,9-10H2,1-2H3,(H,22,23)(H2,19,20,21). The third kappa shape index (κ3) is 5.71. The summed E-state index contributed by atoms with van der Waals surface area (Å²) in [6, 6.07) is 6.20. The smallest absolute Gasteiger partial charge is 0.226 e. The number of hydrogen-bond donors (Lipinski definition) is 3. The summed E-state index contributed by atoms with van der Waals surface area (Å²) in [5.74, 6) is 0.729. The number of guanidine groups is 1. The van der Waals surface area contributed by atoms with Crippen molar-refractivity contribution in [3.8, 4) is 0 Å². The maximum absolute atomic E-state index is 12.0. The summed E-state index contributed by atoms with van der Waals surface area (Å²) in [6.07, 6.45) is 6.76. The molecule has 5 nitrogen and oxygen atoms in total. The first-order chi connectivity index (χ1) is 11.1. The van der Waals surface area contributed by atoms with E-state index in [2.05, 4.69) is 49.0 Å². The molecule has 1 aliphatic rings. The van der Waals surface area contributed by atoms with Gasteiger partial charge in [-0.1, -0.05) is 28.1 Å². The molecule has 1 aliphatic carbocycles. The largest absolute Gasteiger partial charge is 0.356 e. The molecule has 0 atom stereocenters. The van der Waals surface area contributed by atoms with Gasteiger partial charge < -0.3 is 16.0 Å². The summed E-state index contributed by atoms with van der Waals surface area (Å²) in [5, 5.41) is 9.46. The molecule has 0 unspecified atom stereocenters. The normalized spacial score (nSPS) is 14.8. The lowest BCUT2D eigenvalue weighted by Gasteiger charge is -2.16. The molecule has 0 aromatic heterocycles. The van der Waals surface area contributed by atoms with Crippen LogP contribution in [-0.2, 0) is 4.79 Å². The lowest BCUT2D eigenvalue weighted by atomic mass is 10.2. The summed E-state index contributed by atoms with van der Waals surface area (Å²) < 4.78 is 1.01. The minimum absolute atomic E-state index is 0.0130. The number of rotatable bonds is 5. The van der Waals surface area contributed by atoms with Gasteiger partial charge in [-0.2, -0.15) is 0 Å². The van der Waals surface area contributed by atoms with E-state index in [-0.39, 0.29) is 5.91 Å². The molecule has 6 heteroatoms. The Balaban J connectivity index is 1.73. The van der Waals surface area contributed by atoms with Crippen molar-refractivity contribution in [2.24, 2.45) is 4.99 Å². The van der Waals surface area contributed by atoms with E-state index < -0.39 is 0 Å². The monoisotopic (exact) mass is 378 g/mol. The first-order valence-electron chi connectivity index (χ1n) is 7.76. The number of carbonyl (C=O) groups is 1. The van der Waals surface area contributed by atoms with Crippen LogP contribution >= 0.6 is 15.9 Å². The zero-order valence-corrected chi connectivity index (χ0v) is 15.1. The van der Waals surface area contributed by atoms with Crippen LogP contribution in [-0.4, -0.2) is 31.5 Å². The predicted molar refractivity (Wildman–Crippen MR) is 98.8 cm³/mol. The second-order valence-corrected chi connectivity index (χ2v) is 6.46. The highest BCUT2D eigenvalue weighted by Crippen LogP contribution is 2.20. The number of anilines is 1. The first kappa shape index (κ1) is 17.5. The van der Waals surface area contributed by atoms with Gasteiger partial charge in [-0.15, -0.1) is 0 Å². The number of carbonyl (C=O) groups excluding carboxylic acids is 1. The van der Waals surface area contributed by atoms with E-state index in [0.29, 0.717) is 19.0 Å². The number of nitrogens with one attached hydrogen (secondary N) is 3. The molecular formula is C17H23BrN4O. The van der Waals surface area contributed by atoms with Gasteiger partial charge in [0.15, 0.2) is 5.96 Å². The second-order valence-electron chi connectivity index (χ2n) is 5.54. The second kappa shape index (κ2) is 8.72. The molecule has 23 heavy (non-hydrogen) atoms. The fourth-order valence-electron chi connectivity index (χ4n) is 2.40. The third-order valence-corrected chi connectivity index (χ3v) is 4.17. The van der Waals surface area contributed by atoms with Gasteiger partial charge in [0.05, 0.1) is 0 Å². The molecule has 1 aromatic rings. The third-order valence-electron chi connectivity index (χ3n) is 3.68. The molecule has 0 saturated carbocycles. The summed E-state index contributed by atoms with van der Waals surface area (Å²) in [4.78, 5) is 16.2. The van der Waals surface area contributed by atoms with Crippen molar-refractivity contribution in [2.75, 3.05) is 18.9 Å². The lowest BCUT2D eigenvalue weighted by molar-refractivity contribution is -0.116. The number of halogens is 1. The van der Waals surface area contributed by atoms with Crippen molar-refractivity contribution in [1.29, 1.82) is 0 Å². The Morgan fingerprint density at radius 1 is 1.35 bits per heavy atom. The molecule has 0 saturated heterocycles. The van der Waals surface area contributed by atoms with Crippen molar-refractivity contribution in [3.05, 3.63) is 40.4 Å². The van der Waals surface area contributed by atoms with Crippen molar-refractivity contribution >= 4 is 33.5 Å². The number of amides is 1. The van der Waals surface area contributed by atoms with Gasteiger partial charge in [-0.05, 0) is 43.5 Å². The Kier molecular flexibility index (Phi) is 6.65. The number of benzene rings is 1. The predicted octanol–water partition coefficient (Wildman–Crippen LogP) is 2.97. The van der Waals surface area contributed by atoms with Crippen LogP contribution in [0.3, 0.4) is 0 Å². The first-order valence-corrected chi connectivity index (χ1v) is 8.56. The summed E-state index contributed by atoms with van der Waals surface area (Å²) >= 11 is 3.42. The zero-order chi connectivity index (χ0) is 16.7. The molecule has 0 spiro atoms. The Labute approximate surface area is 145 Å². The van der Waals surface area contributed by atoms with E-state index in [4.69, 9.17) is 0 Å². The van der Waals surface area contributed by atoms with Crippen LogP contribution < -0.4 is 16.0 Å². The van der Waals surface area contributed by atoms with Gasteiger partial charge in [-0.3, -0.25) is 9.79 Å². The number of aliphatic imine (C=N–C) groups is 1. The molecule has 3 N–H and O–H groups in total. The quantitative estimate of drug-likeness (QED) is 0.419. The average molecular weight is 379 g/mol. The zero-order valence-electron chi connectivity index (χ0n) is 13.5. The van der Waals surface area contributed by atoms with Crippen molar-refractivity contribution in [1.82, 2.24) is 10.6 Å². The van der Waals surface area contributed by atoms with Gasteiger partial charge in [0.1, 0.15) is 0 Å². The maximum Gasteiger partial charge on any atom is 0.226 e. The molecule has 0 heterocycles. The highest BCUT2D eigenvalue weighted by atomic mass is 79.9. The van der Waals surface area contributed by atoms with Crippen molar-refractivity contribution in [3.63, 3.8) is 0 Å². The van der Waals surface area contributed by atoms with Crippen LogP contribution in [0.5, 0.6) is 0 Å². The van der Waals surface area contributed by atoms with Gasteiger partial charge >= 0.3 is 0 Å². The highest BCUT2D eigenvalue weighted by Gasteiger charge is 2.12. The Bertz CT molecular complexity index is 605. The molecule has 2 rings (SSSR count). The average Bonchev–Trinajstić information content (AvgIpc) is 3.02. The molecular weight excluding hydrogens is 356 g/mol. The number of hydrogen-bond acceptors (Lipinski definition) is 2. The van der Waals surface area contributed by atoms with E-state index in [1.165, 1.54) is 0 Å². The molecule has 0 aliphatic heterocycles. The van der Waals surface area contributed by atoms with E-state index in [1.807, 2.05) is 25.1 Å². The highest BCUT2D eigenvalue weighted by molar-refractivity contribution is 9.10. The molecule has 124 valence electrons. The fraction of sp³-hybridized carbons (Fsp3) is 0.412. The van der Waals surface area contributed by atoms with Gasteiger partial charge in [0.25, 0.3) is 0 Å². The maximum atomic E-state index is 12.0. The number of aryl methyl sites for hydroxylation is 1. The summed E-state index contributed by atoms with van der Waals surface area (Å²) in [7, 11) is 1.74. The molecule has 0 fully saturated rings. The Hall–Kier alpha value is -1.82. The Morgan fingerprint density at radius 3 is 2.74 bits per heavy atom. The SMILES string of the molecule is CN=C(NCCC(=O)Nc1ccc(Br)cc1C)NC1CC=CC1. The summed E-state index contributed by atoms with van der Waals surface area (Å²) in [6.45, 7) is 2.52. The summed E-state index contributed by atoms with van der Waals surface area (Å²) in [5.41, 5.74) is 1.88. The van der Waals surface area contributed by atoms with Gasteiger partial charge in [0, 0.05) is 36.2 Å². The minimum Gasteiger partial charge on any atom is -0.356 e. The van der Waals surface area contributed by atoms with Crippen LogP contribution in [0.1, 0.15) is 24.8 Å². The lowest BCUT2D eigenvalue weighted by Crippen LogP contribution is -2.43. The van der Waals surface area contributed by atoms with E-state index in [0.717, 1.165) is 34.5 Å². The van der Waals surface area contributed by atoms with E-state index in [9.17, 15) is 4.79 Å². The van der Waals surface area contributed by atoms with Gasteiger partial charge in [-0.25, -0.2) is 0 Å². The van der Waals surface area contributed by atoms with E-state index >= 15 is 0 Å². The topological polar surface area (TPSA) is 65.5 Å². The van der Waals surface area contributed by atoms with Crippen molar-refractivity contribution in [2.45, 2.75) is 32.2 Å². The minimum atomic E-state index is -0.0130. The van der Waals surface area contributed by atoms with Crippen molar-refractivity contribution < 1.29 is 4.79 Å². The van der Waals surface area contributed by atoms with Gasteiger partial charge in [0.2, 0.25) is 5.91 Å². The molecule has 1 aromatic carbocycles. The Morgan fingerprint density at radius 2 is 2.09 bits per heavy atom. The van der Waals surface area contributed by atoms with Crippen LogP contribution in [0.15, 0.2) is 39.8 Å². The molecule has 0 bridgehead atoms. The fourth-order valence-corrected chi connectivity index (χ4v) is 2.87. The van der Waals surface area contributed by atoms with Crippen LogP contribution in [0.4, 0.5) is 5.69 Å². The molecule has 1 amide bonds. The van der Waals surface area contributed by atoms with E-state index in [1.54, 1.807) is 7.05 Å². The van der Waals surface area contributed by atoms with Crippen LogP contribution in [0.2, 0.25) is 0 Å². The van der Waals surface area contributed by atoms with Crippen LogP contribution in [0.25, 0.3) is 0 Å². The number of nitrogens with zero attached hydrogens (tertiary/aromatic N) is 1. The molecule has 0 radical (unpaired) electrons. The van der Waals surface area contributed by atoms with Crippen LogP contribution in [0, 0.1) is 6.92 Å².